The maximum absolute atomic E-state index is 10.0. The van der Waals surface area contributed by atoms with Gasteiger partial charge in [0.2, 0.25) is 0 Å². The average Bonchev–Trinajstić information content (AvgIpc) is 2.80. The van der Waals surface area contributed by atoms with Gasteiger partial charge in [0.15, 0.2) is 0 Å². The molecular weight excluding hydrogens is 250 g/mol. The molecule has 5 nitrogen and oxygen atoms in total. The lowest BCUT2D eigenvalue weighted by molar-refractivity contribution is -0.0168. The fourth-order valence-corrected chi connectivity index (χ4v) is 2.85. The van der Waals surface area contributed by atoms with E-state index in [1.54, 1.807) is 16.8 Å². The summed E-state index contributed by atoms with van der Waals surface area (Å²) in [4.78, 5) is 2.31. The first-order valence-corrected chi connectivity index (χ1v) is 7.22. The summed E-state index contributed by atoms with van der Waals surface area (Å²) in [7, 11) is 0. The molecule has 0 spiro atoms. The molecule has 1 aliphatic heterocycles. The van der Waals surface area contributed by atoms with Crippen LogP contribution in [-0.2, 0) is 11.3 Å². The van der Waals surface area contributed by atoms with Gasteiger partial charge in [-0.1, -0.05) is 0 Å². The molecule has 2 heterocycles. The minimum atomic E-state index is -0.691. The summed E-state index contributed by atoms with van der Waals surface area (Å²) in [6.07, 6.45) is 2.05. The topological polar surface area (TPSA) is 58.5 Å². The second kappa shape index (κ2) is 6.06. The van der Waals surface area contributed by atoms with E-state index in [1.807, 2.05) is 13.8 Å². The summed E-state index contributed by atoms with van der Waals surface area (Å²) in [6.45, 7) is 6.72. The molecule has 0 unspecified atom stereocenters. The number of hydrogen-bond donors (Lipinski definition) is 1. The number of ether oxygens (including phenoxy) is 1. The van der Waals surface area contributed by atoms with Crippen LogP contribution in [0.25, 0.3) is 0 Å². The SMILES string of the molecule is CC(C)(O)CN(Cc1nncs1)C1CCOCC1. The summed E-state index contributed by atoms with van der Waals surface area (Å²) in [5.74, 6) is 0. The van der Waals surface area contributed by atoms with Crippen LogP contribution in [0.15, 0.2) is 5.51 Å². The molecule has 0 aromatic carbocycles. The van der Waals surface area contributed by atoms with Crippen molar-refractivity contribution in [3.63, 3.8) is 0 Å². The number of rotatable bonds is 5. The Balaban J connectivity index is 2.01. The molecule has 1 N–H and O–H groups in total. The first-order valence-electron chi connectivity index (χ1n) is 6.34. The largest absolute Gasteiger partial charge is 0.389 e. The summed E-state index contributed by atoms with van der Waals surface area (Å²) < 4.78 is 5.40. The second-order valence-electron chi connectivity index (χ2n) is 5.39. The van der Waals surface area contributed by atoms with Gasteiger partial charge in [0.25, 0.3) is 0 Å². The molecule has 1 aliphatic rings. The van der Waals surface area contributed by atoms with E-state index < -0.39 is 5.60 Å². The normalized spacial score (nSPS) is 18.4. The lowest BCUT2D eigenvalue weighted by atomic mass is 10.0. The predicted molar refractivity (Wildman–Crippen MR) is 70.5 cm³/mol. The fraction of sp³-hybridized carbons (Fsp3) is 0.833. The fourth-order valence-electron chi connectivity index (χ4n) is 2.30. The van der Waals surface area contributed by atoms with Gasteiger partial charge in [-0.25, -0.2) is 0 Å². The van der Waals surface area contributed by atoms with Gasteiger partial charge in [0.05, 0.1) is 12.1 Å². The van der Waals surface area contributed by atoms with E-state index in [9.17, 15) is 5.11 Å². The number of aromatic nitrogens is 2. The molecule has 0 bridgehead atoms. The molecule has 18 heavy (non-hydrogen) atoms. The molecule has 102 valence electrons. The van der Waals surface area contributed by atoms with Crippen LogP contribution in [0, 0.1) is 0 Å². The van der Waals surface area contributed by atoms with Crippen molar-refractivity contribution < 1.29 is 9.84 Å². The quantitative estimate of drug-likeness (QED) is 0.874. The summed E-state index contributed by atoms with van der Waals surface area (Å²) >= 11 is 1.56. The Morgan fingerprint density at radius 2 is 2.22 bits per heavy atom. The lowest BCUT2D eigenvalue weighted by Crippen LogP contribution is -2.46. The first-order chi connectivity index (χ1) is 8.54. The van der Waals surface area contributed by atoms with E-state index in [1.165, 1.54) is 0 Å². The van der Waals surface area contributed by atoms with Gasteiger partial charge < -0.3 is 9.84 Å². The van der Waals surface area contributed by atoms with Gasteiger partial charge in [-0.15, -0.1) is 21.5 Å². The van der Waals surface area contributed by atoms with Crippen LogP contribution in [0.2, 0.25) is 0 Å². The Morgan fingerprint density at radius 1 is 1.50 bits per heavy atom. The third kappa shape index (κ3) is 4.28. The third-order valence-electron chi connectivity index (χ3n) is 3.04. The molecule has 0 atom stereocenters. The molecule has 0 amide bonds. The zero-order valence-corrected chi connectivity index (χ0v) is 11.8. The second-order valence-corrected chi connectivity index (χ2v) is 6.31. The smallest absolute Gasteiger partial charge is 0.131 e. The van der Waals surface area contributed by atoms with E-state index in [0.29, 0.717) is 12.6 Å². The minimum absolute atomic E-state index is 0.467. The molecule has 1 fully saturated rings. The Bertz CT molecular complexity index is 345. The highest BCUT2D eigenvalue weighted by Gasteiger charge is 2.27. The van der Waals surface area contributed by atoms with Crippen molar-refractivity contribution in [2.24, 2.45) is 0 Å². The standard InChI is InChI=1S/C12H21N3O2S/c1-12(2,16)8-15(7-11-14-13-9-18-11)10-3-5-17-6-4-10/h9-10,16H,3-8H2,1-2H3. The van der Waals surface area contributed by atoms with E-state index in [0.717, 1.165) is 37.6 Å². The van der Waals surface area contributed by atoms with Crippen LogP contribution in [-0.4, -0.2) is 51.6 Å². The number of hydrogen-bond acceptors (Lipinski definition) is 6. The van der Waals surface area contributed by atoms with Gasteiger partial charge in [-0.3, -0.25) is 4.90 Å². The highest BCUT2D eigenvalue weighted by molar-refractivity contribution is 7.09. The van der Waals surface area contributed by atoms with Gasteiger partial charge in [0, 0.05) is 25.8 Å². The summed E-state index contributed by atoms with van der Waals surface area (Å²) in [5, 5.41) is 19.0. The molecule has 2 rings (SSSR count). The monoisotopic (exact) mass is 271 g/mol. The molecule has 1 aromatic rings. The zero-order valence-electron chi connectivity index (χ0n) is 11.0. The van der Waals surface area contributed by atoms with Crippen molar-refractivity contribution in [3.05, 3.63) is 10.5 Å². The maximum atomic E-state index is 10.0. The Hall–Kier alpha value is -0.560. The van der Waals surface area contributed by atoms with Crippen LogP contribution < -0.4 is 0 Å². The number of nitrogens with zero attached hydrogens (tertiary/aromatic N) is 3. The van der Waals surface area contributed by atoms with Crippen molar-refractivity contribution in [1.82, 2.24) is 15.1 Å². The van der Waals surface area contributed by atoms with Crippen molar-refractivity contribution in [2.75, 3.05) is 19.8 Å². The van der Waals surface area contributed by atoms with Gasteiger partial charge in [-0.05, 0) is 26.7 Å². The highest BCUT2D eigenvalue weighted by atomic mass is 32.1. The summed E-state index contributed by atoms with van der Waals surface area (Å²) in [5.41, 5.74) is 1.06. The van der Waals surface area contributed by atoms with Gasteiger partial charge in [-0.2, -0.15) is 0 Å². The minimum Gasteiger partial charge on any atom is -0.389 e. The predicted octanol–water partition coefficient (Wildman–Crippen LogP) is 1.29. The molecule has 1 aromatic heterocycles. The van der Waals surface area contributed by atoms with Crippen LogP contribution in [0.1, 0.15) is 31.7 Å². The Kier molecular flexibility index (Phi) is 4.66. The molecule has 0 radical (unpaired) electrons. The molecule has 0 aliphatic carbocycles. The van der Waals surface area contributed by atoms with Crippen LogP contribution in [0.3, 0.4) is 0 Å². The molecule has 0 saturated carbocycles. The maximum Gasteiger partial charge on any atom is 0.131 e. The highest BCUT2D eigenvalue weighted by Crippen LogP contribution is 2.20. The zero-order chi connectivity index (χ0) is 13.0. The van der Waals surface area contributed by atoms with Crippen molar-refractivity contribution >= 4 is 11.3 Å². The average molecular weight is 271 g/mol. The van der Waals surface area contributed by atoms with E-state index in [-0.39, 0.29) is 0 Å². The lowest BCUT2D eigenvalue weighted by Gasteiger charge is -2.37. The molecular formula is C12H21N3O2S. The number of aliphatic hydroxyl groups is 1. The molecule has 1 saturated heterocycles. The van der Waals surface area contributed by atoms with Crippen LogP contribution in [0.5, 0.6) is 0 Å². The van der Waals surface area contributed by atoms with Crippen molar-refractivity contribution in [1.29, 1.82) is 0 Å². The van der Waals surface area contributed by atoms with E-state index >= 15 is 0 Å². The first kappa shape index (κ1) is 13.9. The third-order valence-corrected chi connectivity index (χ3v) is 3.72. The summed E-state index contributed by atoms with van der Waals surface area (Å²) in [6, 6.07) is 0.467. The van der Waals surface area contributed by atoms with Crippen molar-refractivity contribution in [3.8, 4) is 0 Å². The molecule has 6 heteroatoms. The van der Waals surface area contributed by atoms with Crippen LogP contribution >= 0.6 is 11.3 Å². The van der Waals surface area contributed by atoms with Crippen LogP contribution in [0.4, 0.5) is 0 Å². The Morgan fingerprint density at radius 3 is 2.78 bits per heavy atom. The van der Waals surface area contributed by atoms with E-state index in [2.05, 4.69) is 15.1 Å². The van der Waals surface area contributed by atoms with Gasteiger partial charge in [0.1, 0.15) is 10.5 Å². The van der Waals surface area contributed by atoms with Crippen molar-refractivity contribution in [2.45, 2.75) is 44.9 Å². The van der Waals surface area contributed by atoms with Gasteiger partial charge >= 0.3 is 0 Å². The van der Waals surface area contributed by atoms with E-state index in [4.69, 9.17) is 4.74 Å². The Labute approximate surface area is 112 Å².